The highest BCUT2D eigenvalue weighted by Crippen LogP contribution is 2.15. The van der Waals surface area contributed by atoms with Crippen LogP contribution < -0.4 is 15.4 Å². The zero-order chi connectivity index (χ0) is 21.9. The van der Waals surface area contributed by atoms with Crippen molar-refractivity contribution in [1.82, 2.24) is 25.4 Å². The minimum atomic E-state index is 0.473. The van der Waals surface area contributed by atoms with E-state index >= 15 is 0 Å². The van der Waals surface area contributed by atoms with Gasteiger partial charge in [0.05, 0.1) is 7.11 Å². The monoisotopic (exact) mass is 438 g/mol. The highest BCUT2D eigenvalue weighted by Gasteiger charge is 2.05. The van der Waals surface area contributed by atoms with Crippen molar-refractivity contribution in [3.63, 3.8) is 0 Å². The molecule has 0 bridgehead atoms. The Hall–Kier alpha value is -3.00. The molecule has 1 heterocycles. The molecule has 31 heavy (non-hydrogen) atoms. The molecule has 3 rings (SSSR count). The summed E-state index contributed by atoms with van der Waals surface area (Å²) in [4.78, 5) is 5.98. The number of benzene rings is 2. The van der Waals surface area contributed by atoms with Crippen LogP contribution in [-0.4, -0.2) is 46.7 Å². The van der Waals surface area contributed by atoms with Crippen molar-refractivity contribution in [3.8, 4) is 5.75 Å². The van der Waals surface area contributed by atoms with E-state index in [0.717, 1.165) is 48.6 Å². The average Bonchev–Trinajstić information content (AvgIpc) is 3.13. The maximum atomic E-state index is 5.22. The van der Waals surface area contributed by atoms with Crippen LogP contribution in [0.3, 0.4) is 0 Å². The largest absolute Gasteiger partial charge is 0.497 e. The van der Waals surface area contributed by atoms with Crippen LogP contribution in [0.5, 0.6) is 5.75 Å². The smallest absolute Gasteiger partial charge is 0.191 e. The van der Waals surface area contributed by atoms with Crippen molar-refractivity contribution in [2.45, 2.75) is 24.8 Å². The highest BCUT2D eigenvalue weighted by atomic mass is 32.2. The van der Waals surface area contributed by atoms with Crippen molar-refractivity contribution in [3.05, 3.63) is 71.8 Å². The Labute approximate surface area is 188 Å². The van der Waals surface area contributed by atoms with Gasteiger partial charge in [0.15, 0.2) is 11.8 Å². The number of aliphatic imine (C=N–C) groups is 1. The fourth-order valence-electron chi connectivity index (χ4n) is 2.89. The Kier molecular flexibility index (Phi) is 8.78. The summed E-state index contributed by atoms with van der Waals surface area (Å²) in [5.41, 5.74) is 1.25. The Morgan fingerprint density at radius 1 is 1.03 bits per heavy atom. The van der Waals surface area contributed by atoms with E-state index in [-0.39, 0.29) is 0 Å². The van der Waals surface area contributed by atoms with Crippen LogP contribution in [-0.2, 0) is 20.0 Å². The van der Waals surface area contributed by atoms with Crippen LogP contribution in [0.4, 0.5) is 0 Å². The average molecular weight is 439 g/mol. The molecule has 0 fully saturated rings. The predicted octanol–water partition coefficient (Wildman–Crippen LogP) is 3.20. The lowest BCUT2D eigenvalue weighted by molar-refractivity contribution is 0.414. The number of thioether (sulfide) groups is 1. The lowest BCUT2D eigenvalue weighted by atomic mass is 10.1. The van der Waals surface area contributed by atoms with E-state index < -0.39 is 0 Å². The molecule has 0 unspecified atom stereocenters. The zero-order valence-electron chi connectivity index (χ0n) is 18.3. The molecule has 0 radical (unpaired) electrons. The van der Waals surface area contributed by atoms with Crippen molar-refractivity contribution >= 4 is 17.7 Å². The molecule has 0 saturated carbocycles. The third-order valence-electron chi connectivity index (χ3n) is 4.83. The first kappa shape index (κ1) is 22.7. The van der Waals surface area contributed by atoms with Gasteiger partial charge in [0.1, 0.15) is 18.1 Å². The molecule has 8 heteroatoms. The highest BCUT2D eigenvalue weighted by molar-refractivity contribution is 7.99. The molecule has 0 saturated heterocycles. The molecule has 3 aromatic rings. The normalized spacial score (nSPS) is 11.4. The standard InChI is InChI=1S/C23H30N6OS/c1-18-27-28-22(29(18)2)17-26-23(25-15-16-31-21-7-5-4-6-8-21)24-14-13-19-9-11-20(30-3)12-10-19/h4-12H,13-17H2,1-3H3,(H2,24,25,26). The fourth-order valence-corrected chi connectivity index (χ4v) is 3.67. The first-order valence-corrected chi connectivity index (χ1v) is 11.3. The summed E-state index contributed by atoms with van der Waals surface area (Å²) in [5.74, 6) is 4.32. The van der Waals surface area contributed by atoms with Crippen molar-refractivity contribution in [2.75, 3.05) is 26.0 Å². The summed E-state index contributed by atoms with van der Waals surface area (Å²) >= 11 is 1.82. The SMILES string of the molecule is COc1ccc(CCNC(=NCc2nnc(C)n2C)NCCSc2ccccc2)cc1. The number of hydrogen-bond donors (Lipinski definition) is 2. The molecule has 2 N–H and O–H groups in total. The second kappa shape index (κ2) is 12.0. The lowest BCUT2D eigenvalue weighted by Gasteiger charge is -2.13. The number of aryl methyl sites for hydroxylation is 1. The van der Waals surface area contributed by atoms with Crippen molar-refractivity contribution < 1.29 is 4.74 Å². The number of ether oxygens (including phenoxy) is 1. The molecule has 0 atom stereocenters. The third-order valence-corrected chi connectivity index (χ3v) is 5.85. The van der Waals surface area contributed by atoms with E-state index in [0.29, 0.717) is 6.54 Å². The molecular weight excluding hydrogens is 408 g/mol. The molecule has 0 aliphatic carbocycles. The number of aromatic nitrogens is 3. The molecule has 0 aliphatic rings. The minimum Gasteiger partial charge on any atom is -0.497 e. The van der Waals surface area contributed by atoms with Gasteiger partial charge >= 0.3 is 0 Å². The van der Waals surface area contributed by atoms with E-state index in [2.05, 4.69) is 57.2 Å². The second-order valence-corrected chi connectivity index (χ2v) is 8.17. The van der Waals surface area contributed by atoms with Gasteiger partial charge < -0.3 is 19.9 Å². The van der Waals surface area contributed by atoms with Crippen LogP contribution in [0.1, 0.15) is 17.2 Å². The van der Waals surface area contributed by atoms with Crippen LogP contribution in [0.15, 0.2) is 64.5 Å². The Bertz CT molecular complexity index is 956. The van der Waals surface area contributed by atoms with E-state index in [1.807, 2.05) is 48.5 Å². The first-order valence-electron chi connectivity index (χ1n) is 10.3. The van der Waals surface area contributed by atoms with Crippen LogP contribution in [0.2, 0.25) is 0 Å². The summed E-state index contributed by atoms with van der Waals surface area (Å²) < 4.78 is 7.19. The maximum absolute atomic E-state index is 5.22. The van der Waals surface area contributed by atoms with Gasteiger partial charge in [0.2, 0.25) is 0 Å². The van der Waals surface area contributed by atoms with Crippen LogP contribution in [0, 0.1) is 6.92 Å². The number of nitrogens with one attached hydrogen (secondary N) is 2. The molecule has 1 aromatic heterocycles. The Morgan fingerprint density at radius 2 is 1.77 bits per heavy atom. The quantitative estimate of drug-likeness (QED) is 0.219. The topological polar surface area (TPSA) is 76.4 Å². The van der Waals surface area contributed by atoms with Gasteiger partial charge in [-0.15, -0.1) is 22.0 Å². The summed E-state index contributed by atoms with van der Waals surface area (Å²) in [6.07, 6.45) is 0.895. The molecule has 2 aromatic carbocycles. The number of methoxy groups -OCH3 is 1. The number of guanidine groups is 1. The van der Waals surface area contributed by atoms with E-state index in [1.54, 1.807) is 7.11 Å². The molecule has 7 nitrogen and oxygen atoms in total. The Morgan fingerprint density at radius 3 is 2.45 bits per heavy atom. The predicted molar refractivity (Wildman–Crippen MR) is 127 cm³/mol. The summed E-state index contributed by atoms with van der Waals surface area (Å²) in [6.45, 7) is 4.00. The minimum absolute atomic E-state index is 0.473. The van der Waals surface area contributed by atoms with Gasteiger partial charge in [-0.25, -0.2) is 4.99 Å². The van der Waals surface area contributed by atoms with Gasteiger partial charge in [-0.2, -0.15) is 0 Å². The van der Waals surface area contributed by atoms with Gasteiger partial charge in [-0.3, -0.25) is 0 Å². The van der Waals surface area contributed by atoms with Crippen molar-refractivity contribution in [1.29, 1.82) is 0 Å². The van der Waals surface area contributed by atoms with Gasteiger partial charge in [-0.05, 0) is 43.2 Å². The first-order chi connectivity index (χ1) is 15.2. The number of hydrogen-bond acceptors (Lipinski definition) is 5. The van der Waals surface area contributed by atoms with Gasteiger partial charge in [-0.1, -0.05) is 30.3 Å². The number of nitrogens with zero attached hydrogens (tertiary/aromatic N) is 4. The third kappa shape index (κ3) is 7.32. The molecular formula is C23H30N6OS. The van der Waals surface area contributed by atoms with Crippen LogP contribution in [0.25, 0.3) is 0 Å². The summed E-state index contributed by atoms with van der Waals surface area (Å²) in [5, 5.41) is 15.2. The van der Waals surface area contributed by atoms with E-state index in [9.17, 15) is 0 Å². The van der Waals surface area contributed by atoms with Gasteiger partial charge in [0, 0.05) is 30.8 Å². The molecule has 0 amide bonds. The maximum Gasteiger partial charge on any atom is 0.191 e. The molecule has 164 valence electrons. The number of rotatable bonds is 10. The summed E-state index contributed by atoms with van der Waals surface area (Å²) in [7, 11) is 3.64. The van der Waals surface area contributed by atoms with Crippen molar-refractivity contribution in [2.24, 2.45) is 12.0 Å². The molecule has 0 spiro atoms. The van der Waals surface area contributed by atoms with E-state index in [1.165, 1.54) is 10.5 Å². The van der Waals surface area contributed by atoms with E-state index in [4.69, 9.17) is 9.73 Å². The summed E-state index contributed by atoms with van der Waals surface area (Å²) in [6, 6.07) is 18.6. The van der Waals surface area contributed by atoms with Gasteiger partial charge in [0.25, 0.3) is 0 Å². The van der Waals surface area contributed by atoms with Crippen LogP contribution >= 0.6 is 11.8 Å². The zero-order valence-corrected chi connectivity index (χ0v) is 19.2. The Balaban J connectivity index is 1.53. The lowest BCUT2D eigenvalue weighted by Crippen LogP contribution is -2.39. The second-order valence-electron chi connectivity index (χ2n) is 7.00. The fraction of sp³-hybridized carbons (Fsp3) is 0.348. The molecule has 0 aliphatic heterocycles.